The van der Waals surface area contributed by atoms with Crippen molar-refractivity contribution >= 4 is 34.7 Å². The monoisotopic (exact) mass is 352 g/mol. The van der Waals surface area contributed by atoms with Gasteiger partial charge >= 0.3 is 12.1 Å². The van der Waals surface area contributed by atoms with E-state index in [1.807, 2.05) is 27.7 Å². The number of oxazole rings is 1. The van der Waals surface area contributed by atoms with Crippen molar-refractivity contribution < 1.29 is 13.9 Å². The second kappa shape index (κ2) is 5.70. The smallest absolute Gasteiger partial charge is 0.418 e. The molecule has 5 nitrogen and oxygen atoms in total. The van der Waals surface area contributed by atoms with Gasteiger partial charge in [-0.1, -0.05) is 22.6 Å². The number of halogens is 1. The fourth-order valence-electron chi connectivity index (χ4n) is 1.14. The summed E-state index contributed by atoms with van der Waals surface area (Å²) in [7, 11) is 0. The van der Waals surface area contributed by atoms with Gasteiger partial charge in [0.05, 0.1) is 5.69 Å². The Morgan fingerprint density at radius 2 is 2.24 bits per heavy atom. The molecular weight excluding hydrogens is 335 g/mol. The molecular formula is C11H17IN2O3. The summed E-state index contributed by atoms with van der Waals surface area (Å²) in [5, 5.41) is 0. The third kappa shape index (κ3) is 4.18. The standard InChI is InChI=1S/C11H17IN2O3/c1-5-14(10(15)17-11(2,3)4)9-13-8(6-12)7-16-9/h7H,5-6H2,1-4H3. The summed E-state index contributed by atoms with van der Waals surface area (Å²) in [6.07, 6.45) is 1.11. The molecule has 6 heteroatoms. The van der Waals surface area contributed by atoms with Crippen molar-refractivity contribution in [2.45, 2.75) is 37.7 Å². The maximum atomic E-state index is 11.9. The summed E-state index contributed by atoms with van der Waals surface area (Å²) >= 11 is 2.18. The molecule has 17 heavy (non-hydrogen) atoms. The zero-order valence-corrected chi connectivity index (χ0v) is 12.6. The number of aromatic nitrogens is 1. The topological polar surface area (TPSA) is 55.6 Å². The van der Waals surface area contributed by atoms with Gasteiger partial charge in [-0.05, 0) is 27.7 Å². The van der Waals surface area contributed by atoms with Crippen LogP contribution in [0.2, 0.25) is 0 Å². The van der Waals surface area contributed by atoms with Crippen molar-refractivity contribution in [2.24, 2.45) is 0 Å². The van der Waals surface area contributed by atoms with Crippen molar-refractivity contribution in [1.29, 1.82) is 0 Å². The van der Waals surface area contributed by atoms with Crippen LogP contribution in [0.15, 0.2) is 10.7 Å². The number of ether oxygens (including phenoxy) is 1. The largest absolute Gasteiger partial charge is 0.443 e. The lowest BCUT2D eigenvalue weighted by atomic mass is 10.2. The molecule has 0 N–H and O–H groups in total. The molecule has 1 aromatic rings. The summed E-state index contributed by atoms with van der Waals surface area (Å²) in [6, 6.07) is 0.286. The number of hydrogen-bond acceptors (Lipinski definition) is 4. The number of amides is 1. The van der Waals surface area contributed by atoms with Crippen LogP contribution in [0.3, 0.4) is 0 Å². The number of rotatable bonds is 3. The summed E-state index contributed by atoms with van der Waals surface area (Å²) in [5.74, 6) is 0. The molecule has 0 bridgehead atoms. The third-order valence-corrected chi connectivity index (χ3v) is 2.62. The predicted octanol–water partition coefficient (Wildman–Crippen LogP) is 3.37. The fourth-order valence-corrected chi connectivity index (χ4v) is 1.49. The van der Waals surface area contributed by atoms with Gasteiger partial charge in [0.15, 0.2) is 0 Å². The highest BCUT2D eigenvalue weighted by molar-refractivity contribution is 14.1. The Morgan fingerprint density at radius 1 is 1.59 bits per heavy atom. The van der Waals surface area contributed by atoms with Crippen LogP contribution < -0.4 is 4.90 Å². The molecule has 96 valence electrons. The number of alkyl halides is 1. The Morgan fingerprint density at radius 3 is 2.65 bits per heavy atom. The lowest BCUT2D eigenvalue weighted by molar-refractivity contribution is 0.0575. The Hall–Kier alpha value is -0.790. The Bertz CT molecular complexity index is 384. The average Bonchev–Trinajstić information content (AvgIpc) is 2.64. The number of anilines is 1. The minimum atomic E-state index is -0.525. The first-order valence-electron chi connectivity index (χ1n) is 5.38. The molecule has 0 unspecified atom stereocenters. The second-order valence-electron chi connectivity index (χ2n) is 4.48. The van der Waals surface area contributed by atoms with Crippen LogP contribution in [0.5, 0.6) is 0 Å². The molecule has 0 aliphatic carbocycles. The molecule has 0 aromatic carbocycles. The summed E-state index contributed by atoms with van der Waals surface area (Å²) in [4.78, 5) is 17.5. The summed E-state index contributed by atoms with van der Waals surface area (Å²) < 4.78 is 11.3. The van der Waals surface area contributed by atoms with Gasteiger partial charge in [0.2, 0.25) is 0 Å². The lowest BCUT2D eigenvalue weighted by Crippen LogP contribution is -2.36. The van der Waals surface area contributed by atoms with Crippen molar-refractivity contribution in [3.8, 4) is 0 Å². The molecule has 0 saturated carbocycles. The number of carbonyl (C=O) groups excluding carboxylic acids is 1. The maximum Gasteiger partial charge on any atom is 0.418 e. The predicted molar refractivity (Wildman–Crippen MR) is 73.5 cm³/mol. The van der Waals surface area contributed by atoms with E-state index >= 15 is 0 Å². The third-order valence-electron chi connectivity index (χ3n) is 1.84. The van der Waals surface area contributed by atoms with Gasteiger partial charge in [-0.15, -0.1) is 0 Å². The van der Waals surface area contributed by atoms with Gasteiger partial charge in [0.1, 0.15) is 11.9 Å². The Kier molecular flexibility index (Phi) is 4.79. The lowest BCUT2D eigenvalue weighted by Gasteiger charge is -2.24. The first-order chi connectivity index (χ1) is 7.87. The maximum absolute atomic E-state index is 11.9. The van der Waals surface area contributed by atoms with E-state index < -0.39 is 11.7 Å². The van der Waals surface area contributed by atoms with Gasteiger partial charge in [-0.25, -0.2) is 9.69 Å². The van der Waals surface area contributed by atoms with E-state index in [-0.39, 0.29) is 6.01 Å². The normalized spacial score (nSPS) is 11.4. The molecule has 1 heterocycles. The second-order valence-corrected chi connectivity index (χ2v) is 5.24. The Labute approximate surface area is 115 Å². The van der Waals surface area contributed by atoms with Crippen LogP contribution in [0.1, 0.15) is 33.4 Å². The minimum absolute atomic E-state index is 0.286. The zero-order chi connectivity index (χ0) is 13.1. The zero-order valence-electron chi connectivity index (χ0n) is 10.5. The van der Waals surface area contributed by atoms with Crippen LogP contribution in [-0.2, 0) is 9.16 Å². The molecule has 0 saturated heterocycles. The van der Waals surface area contributed by atoms with E-state index in [0.717, 1.165) is 10.1 Å². The first kappa shape index (κ1) is 14.3. The van der Waals surface area contributed by atoms with E-state index in [4.69, 9.17) is 9.15 Å². The van der Waals surface area contributed by atoms with Crippen LogP contribution in [0.4, 0.5) is 10.8 Å². The number of hydrogen-bond donors (Lipinski definition) is 0. The highest BCUT2D eigenvalue weighted by atomic mass is 127. The van der Waals surface area contributed by atoms with E-state index in [9.17, 15) is 4.79 Å². The SMILES string of the molecule is CCN(C(=O)OC(C)(C)C)c1nc(CI)co1. The molecule has 1 aromatic heterocycles. The van der Waals surface area contributed by atoms with Crippen molar-refractivity contribution in [3.05, 3.63) is 12.0 Å². The van der Waals surface area contributed by atoms with E-state index in [1.54, 1.807) is 6.26 Å². The van der Waals surface area contributed by atoms with Gasteiger partial charge in [-0.3, -0.25) is 0 Å². The van der Waals surface area contributed by atoms with Crippen LogP contribution in [0.25, 0.3) is 0 Å². The van der Waals surface area contributed by atoms with Crippen LogP contribution >= 0.6 is 22.6 Å². The molecule has 0 fully saturated rings. The van der Waals surface area contributed by atoms with Gasteiger partial charge in [-0.2, -0.15) is 4.98 Å². The number of carbonyl (C=O) groups is 1. The molecule has 0 atom stereocenters. The molecule has 1 rings (SSSR count). The number of nitrogens with zero attached hydrogens (tertiary/aromatic N) is 2. The average molecular weight is 352 g/mol. The molecule has 0 spiro atoms. The van der Waals surface area contributed by atoms with Crippen molar-refractivity contribution in [3.63, 3.8) is 0 Å². The van der Waals surface area contributed by atoms with E-state index in [0.29, 0.717) is 6.54 Å². The highest BCUT2D eigenvalue weighted by Gasteiger charge is 2.25. The first-order valence-corrected chi connectivity index (χ1v) is 6.91. The van der Waals surface area contributed by atoms with Crippen LogP contribution in [-0.4, -0.2) is 23.2 Å². The van der Waals surface area contributed by atoms with E-state index in [2.05, 4.69) is 27.6 Å². The molecule has 0 aliphatic rings. The molecule has 0 radical (unpaired) electrons. The fraction of sp³-hybridized carbons (Fsp3) is 0.636. The highest BCUT2D eigenvalue weighted by Crippen LogP contribution is 2.18. The summed E-state index contributed by atoms with van der Waals surface area (Å²) in [5.41, 5.74) is 0.283. The van der Waals surface area contributed by atoms with Gasteiger partial charge < -0.3 is 9.15 Å². The molecule has 1 amide bonds. The summed E-state index contributed by atoms with van der Waals surface area (Å²) in [6.45, 7) is 7.77. The molecule has 0 aliphatic heterocycles. The van der Waals surface area contributed by atoms with Gasteiger partial charge in [0, 0.05) is 11.0 Å². The minimum Gasteiger partial charge on any atom is -0.443 e. The Balaban J connectivity index is 2.80. The van der Waals surface area contributed by atoms with Crippen LogP contribution in [0, 0.1) is 0 Å². The van der Waals surface area contributed by atoms with Crippen molar-refractivity contribution in [2.75, 3.05) is 11.4 Å². The van der Waals surface area contributed by atoms with E-state index in [1.165, 1.54) is 4.90 Å². The quantitative estimate of drug-likeness (QED) is 0.618. The van der Waals surface area contributed by atoms with Crippen molar-refractivity contribution in [1.82, 2.24) is 4.98 Å². The van der Waals surface area contributed by atoms with Gasteiger partial charge in [0.25, 0.3) is 0 Å².